The van der Waals surface area contributed by atoms with Crippen molar-refractivity contribution < 1.29 is 14.0 Å². The van der Waals surface area contributed by atoms with E-state index < -0.39 is 11.9 Å². The molecule has 0 bridgehead atoms. The largest absolute Gasteiger partial charge is 0.301 e. The first-order valence-electron chi connectivity index (χ1n) is 5.46. The first-order chi connectivity index (χ1) is 8.47. The van der Waals surface area contributed by atoms with Gasteiger partial charge in [-0.15, -0.1) is 0 Å². The lowest BCUT2D eigenvalue weighted by Gasteiger charge is -2.11. The molecule has 1 aromatic rings. The SMILES string of the molecule is CN1C(=O)CC(NCc2cc(F)cc(Cl)c2)C1=O. The Labute approximate surface area is 109 Å². The first-order valence-corrected chi connectivity index (χ1v) is 5.84. The molecule has 18 heavy (non-hydrogen) atoms. The minimum Gasteiger partial charge on any atom is -0.301 e. The quantitative estimate of drug-likeness (QED) is 0.843. The Bertz CT molecular complexity index is 487. The van der Waals surface area contributed by atoms with Crippen LogP contribution in [0.1, 0.15) is 12.0 Å². The zero-order chi connectivity index (χ0) is 13.3. The van der Waals surface area contributed by atoms with Gasteiger partial charge in [-0.3, -0.25) is 14.5 Å². The average molecular weight is 271 g/mol. The van der Waals surface area contributed by atoms with Gasteiger partial charge in [0.15, 0.2) is 0 Å². The maximum Gasteiger partial charge on any atom is 0.246 e. The van der Waals surface area contributed by atoms with E-state index in [4.69, 9.17) is 11.6 Å². The fraction of sp³-hybridized carbons (Fsp3) is 0.333. The number of carbonyl (C=O) groups is 2. The van der Waals surface area contributed by atoms with Gasteiger partial charge in [0.25, 0.3) is 0 Å². The zero-order valence-corrected chi connectivity index (χ0v) is 10.5. The number of nitrogens with zero attached hydrogens (tertiary/aromatic N) is 1. The lowest BCUT2D eigenvalue weighted by atomic mass is 10.2. The van der Waals surface area contributed by atoms with Crippen molar-refractivity contribution in [3.05, 3.63) is 34.6 Å². The van der Waals surface area contributed by atoms with E-state index in [1.165, 1.54) is 19.2 Å². The highest BCUT2D eigenvalue weighted by molar-refractivity contribution is 6.30. The van der Waals surface area contributed by atoms with Crippen LogP contribution in [0, 0.1) is 5.82 Å². The number of halogens is 2. The molecule has 0 saturated carbocycles. The predicted molar refractivity (Wildman–Crippen MR) is 64.4 cm³/mol. The van der Waals surface area contributed by atoms with Crippen molar-refractivity contribution in [3.8, 4) is 0 Å². The normalized spacial score (nSPS) is 19.7. The topological polar surface area (TPSA) is 49.4 Å². The fourth-order valence-electron chi connectivity index (χ4n) is 1.87. The van der Waals surface area contributed by atoms with Gasteiger partial charge in [-0.25, -0.2) is 4.39 Å². The second-order valence-electron chi connectivity index (χ2n) is 4.21. The van der Waals surface area contributed by atoms with E-state index >= 15 is 0 Å². The molecule has 0 spiro atoms. The number of benzene rings is 1. The molecule has 4 nitrogen and oxygen atoms in total. The lowest BCUT2D eigenvalue weighted by molar-refractivity contribution is -0.137. The Morgan fingerprint density at radius 1 is 1.44 bits per heavy atom. The molecule has 1 heterocycles. The third-order valence-electron chi connectivity index (χ3n) is 2.86. The molecule has 1 atom stereocenters. The van der Waals surface area contributed by atoms with Crippen molar-refractivity contribution in [2.75, 3.05) is 7.05 Å². The van der Waals surface area contributed by atoms with Crippen molar-refractivity contribution in [2.24, 2.45) is 0 Å². The molecule has 1 aromatic carbocycles. The van der Waals surface area contributed by atoms with E-state index in [0.717, 1.165) is 4.90 Å². The summed E-state index contributed by atoms with van der Waals surface area (Å²) in [6.45, 7) is 0.287. The van der Waals surface area contributed by atoms with E-state index in [1.54, 1.807) is 6.07 Å². The Balaban J connectivity index is 2.00. The van der Waals surface area contributed by atoms with Gasteiger partial charge < -0.3 is 5.32 Å². The van der Waals surface area contributed by atoms with Crippen molar-refractivity contribution in [3.63, 3.8) is 0 Å². The maximum absolute atomic E-state index is 13.1. The molecule has 1 saturated heterocycles. The van der Waals surface area contributed by atoms with E-state index in [9.17, 15) is 14.0 Å². The molecule has 1 aliphatic heterocycles. The summed E-state index contributed by atoms with van der Waals surface area (Å²) in [5.74, 6) is -0.900. The van der Waals surface area contributed by atoms with E-state index in [1.807, 2.05) is 0 Å². The Kier molecular flexibility index (Phi) is 3.63. The molecule has 2 rings (SSSR count). The zero-order valence-electron chi connectivity index (χ0n) is 9.74. The summed E-state index contributed by atoms with van der Waals surface area (Å²) in [4.78, 5) is 24.0. The smallest absolute Gasteiger partial charge is 0.246 e. The van der Waals surface area contributed by atoms with Gasteiger partial charge in [0.1, 0.15) is 5.82 Å². The molecule has 1 aliphatic rings. The number of likely N-dealkylation sites (N-methyl/N-ethyl adjacent to an activating group) is 1. The number of amides is 2. The van der Waals surface area contributed by atoms with Crippen LogP contribution in [0.15, 0.2) is 18.2 Å². The summed E-state index contributed by atoms with van der Waals surface area (Å²) in [6, 6.07) is 3.62. The minimum absolute atomic E-state index is 0.137. The van der Waals surface area contributed by atoms with Crippen LogP contribution in [0.2, 0.25) is 5.02 Å². The summed E-state index contributed by atoms with van der Waals surface area (Å²) in [6.07, 6.45) is 0.137. The van der Waals surface area contributed by atoms with Gasteiger partial charge in [-0.2, -0.15) is 0 Å². The Morgan fingerprint density at radius 2 is 2.17 bits per heavy atom. The summed E-state index contributed by atoms with van der Waals surface area (Å²) >= 11 is 5.72. The monoisotopic (exact) mass is 270 g/mol. The van der Waals surface area contributed by atoms with Gasteiger partial charge in [-0.05, 0) is 23.8 Å². The fourth-order valence-corrected chi connectivity index (χ4v) is 2.11. The minimum atomic E-state index is -0.537. The van der Waals surface area contributed by atoms with E-state index in [0.29, 0.717) is 10.6 Å². The number of hydrogen-bond acceptors (Lipinski definition) is 3. The van der Waals surface area contributed by atoms with Crippen LogP contribution in [0.5, 0.6) is 0 Å². The number of rotatable bonds is 3. The second-order valence-corrected chi connectivity index (χ2v) is 4.64. The summed E-state index contributed by atoms with van der Waals surface area (Å²) in [7, 11) is 1.45. The molecular formula is C12H12ClFN2O2. The van der Waals surface area contributed by atoms with Crippen LogP contribution in [0.4, 0.5) is 4.39 Å². The summed E-state index contributed by atoms with van der Waals surface area (Å²) in [5.41, 5.74) is 0.634. The molecule has 0 aliphatic carbocycles. The predicted octanol–water partition coefficient (Wildman–Crippen LogP) is 1.33. The van der Waals surface area contributed by atoms with Crippen LogP contribution in [-0.2, 0) is 16.1 Å². The molecular weight excluding hydrogens is 259 g/mol. The molecule has 6 heteroatoms. The number of hydrogen-bond donors (Lipinski definition) is 1. The van der Waals surface area contributed by atoms with Crippen LogP contribution in [0.3, 0.4) is 0 Å². The highest BCUT2D eigenvalue weighted by Gasteiger charge is 2.35. The van der Waals surface area contributed by atoms with Crippen LogP contribution in [0.25, 0.3) is 0 Å². The van der Waals surface area contributed by atoms with Gasteiger partial charge in [0, 0.05) is 18.6 Å². The van der Waals surface area contributed by atoms with Crippen molar-refractivity contribution in [1.82, 2.24) is 10.2 Å². The highest BCUT2D eigenvalue weighted by atomic mass is 35.5. The Morgan fingerprint density at radius 3 is 2.72 bits per heavy atom. The van der Waals surface area contributed by atoms with Crippen molar-refractivity contribution >= 4 is 23.4 Å². The maximum atomic E-state index is 13.1. The molecule has 0 radical (unpaired) electrons. The van der Waals surface area contributed by atoms with Crippen molar-refractivity contribution in [1.29, 1.82) is 0 Å². The van der Waals surface area contributed by atoms with E-state index in [-0.39, 0.29) is 24.8 Å². The number of likely N-dealkylation sites (tertiary alicyclic amines) is 1. The Hall–Kier alpha value is -1.46. The van der Waals surface area contributed by atoms with Crippen LogP contribution in [-0.4, -0.2) is 29.8 Å². The van der Waals surface area contributed by atoms with Gasteiger partial charge in [-0.1, -0.05) is 11.6 Å². The number of nitrogens with one attached hydrogen (secondary N) is 1. The average Bonchev–Trinajstić information content (AvgIpc) is 2.53. The molecule has 1 unspecified atom stereocenters. The molecule has 96 valence electrons. The molecule has 1 fully saturated rings. The van der Waals surface area contributed by atoms with Crippen LogP contribution >= 0.6 is 11.6 Å². The van der Waals surface area contributed by atoms with Gasteiger partial charge >= 0.3 is 0 Å². The summed E-state index contributed by atoms with van der Waals surface area (Å²) < 4.78 is 13.1. The van der Waals surface area contributed by atoms with Crippen LogP contribution < -0.4 is 5.32 Å². The molecule has 0 aromatic heterocycles. The summed E-state index contributed by atoms with van der Waals surface area (Å²) in [5, 5.41) is 3.23. The van der Waals surface area contributed by atoms with Gasteiger partial charge in [0.2, 0.25) is 11.8 Å². The second kappa shape index (κ2) is 5.04. The standard InChI is InChI=1S/C12H12ClFN2O2/c1-16-11(17)5-10(12(16)18)15-6-7-2-8(13)4-9(14)3-7/h2-4,10,15H,5-6H2,1H3. The molecule has 2 amide bonds. The third-order valence-corrected chi connectivity index (χ3v) is 3.07. The highest BCUT2D eigenvalue weighted by Crippen LogP contribution is 2.15. The first kappa shape index (κ1) is 13.0. The number of carbonyl (C=O) groups excluding carboxylic acids is 2. The molecule has 1 N–H and O–H groups in total. The third kappa shape index (κ3) is 2.68. The van der Waals surface area contributed by atoms with Gasteiger partial charge in [0.05, 0.1) is 12.5 Å². The van der Waals surface area contributed by atoms with Crippen molar-refractivity contribution in [2.45, 2.75) is 19.0 Å². The van der Waals surface area contributed by atoms with E-state index in [2.05, 4.69) is 5.32 Å². The number of imide groups is 1. The lowest BCUT2D eigenvalue weighted by Crippen LogP contribution is -2.36.